The van der Waals surface area contributed by atoms with Gasteiger partial charge in [0.25, 0.3) is 0 Å². The number of nitrogens with one attached hydrogen (secondary N) is 1. The van der Waals surface area contributed by atoms with Crippen molar-refractivity contribution in [2.45, 2.75) is 20.4 Å². The highest BCUT2D eigenvalue weighted by Crippen LogP contribution is 2.26. The first-order valence-electron chi connectivity index (χ1n) is 6.84. The highest BCUT2D eigenvalue weighted by molar-refractivity contribution is 9.10. The quantitative estimate of drug-likeness (QED) is 0.829. The van der Waals surface area contributed by atoms with Crippen LogP contribution in [0.25, 0.3) is 0 Å². The zero-order valence-electron chi connectivity index (χ0n) is 12.1. The van der Waals surface area contributed by atoms with Crippen molar-refractivity contribution in [2.24, 2.45) is 5.92 Å². The summed E-state index contributed by atoms with van der Waals surface area (Å²) in [6.45, 7) is 5.89. The highest BCUT2D eigenvalue weighted by Gasteiger charge is 2.08. The third kappa shape index (κ3) is 4.79. The number of benzene rings is 1. The monoisotopic (exact) mass is 352 g/mol. The molecule has 5 heteroatoms. The van der Waals surface area contributed by atoms with Crippen LogP contribution >= 0.6 is 15.9 Å². The lowest BCUT2D eigenvalue weighted by molar-refractivity contribution is 0.446. The molecule has 0 radical (unpaired) electrons. The first-order valence-corrected chi connectivity index (χ1v) is 7.63. The molecule has 1 N–H and O–H groups in total. The Labute approximate surface area is 132 Å². The van der Waals surface area contributed by atoms with Gasteiger partial charge < -0.3 is 10.1 Å². The summed E-state index contributed by atoms with van der Waals surface area (Å²) in [6.07, 6.45) is 1.66. The number of halogens is 2. The van der Waals surface area contributed by atoms with Crippen molar-refractivity contribution in [1.82, 2.24) is 10.3 Å². The summed E-state index contributed by atoms with van der Waals surface area (Å²) >= 11 is 3.12. The van der Waals surface area contributed by atoms with Crippen LogP contribution in [0, 0.1) is 11.7 Å². The fourth-order valence-electron chi connectivity index (χ4n) is 1.80. The molecule has 1 aromatic heterocycles. The van der Waals surface area contributed by atoms with Crippen LogP contribution in [-0.2, 0) is 6.54 Å². The minimum Gasteiger partial charge on any atom is -0.439 e. The van der Waals surface area contributed by atoms with E-state index in [4.69, 9.17) is 4.74 Å². The van der Waals surface area contributed by atoms with Gasteiger partial charge in [-0.1, -0.05) is 19.9 Å². The minimum absolute atomic E-state index is 0.358. The van der Waals surface area contributed by atoms with Gasteiger partial charge in [-0.05, 0) is 46.6 Å². The van der Waals surface area contributed by atoms with E-state index >= 15 is 0 Å². The second-order valence-corrected chi connectivity index (χ2v) is 6.02. The van der Waals surface area contributed by atoms with Crippen molar-refractivity contribution in [3.63, 3.8) is 0 Å². The zero-order chi connectivity index (χ0) is 15.2. The van der Waals surface area contributed by atoms with Gasteiger partial charge in [0.1, 0.15) is 11.6 Å². The molecule has 0 saturated heterocycles. The third-order valence-electron chi connectivity index (χ3n) is 2.82. The number of hydrogen-bond donors (Lipinski definition) is 1. The van der Waals surface area contributed by atoms with Crippen LogP contribution < -0.4 is 10.1 Å². The van der Waals surface area contributed by atoms with E-state index in [9.17, 15) is 4.39 Å². The maximum atomic E-state index is 13.5. The fourth-order valence-corrected chi connectivity index (χ4v) is 2.04. The predicted octanol–water partition coefficient (Wildman–Crippen LogP) is 4.52. The maximum absolute atomic E-state index is 13.5. The molecule has 0 aliphatic heterocycles. The summed E-state index contributed by atoms with van der Waals surface area (Å²) in [6, 6.07) is 8.47. The smallest absolute Gasteiger partial charge is 0.223 e. The Morgan fingerprint density at radius 2 is 2.14 bits per heavy atom. The number of hydrogen-bond acceptors (Lipinski definition) is 3. The molecule has 1 aromatic carbocycles. The van der Waals surface area contributed by atoms with Gasteiger partial charge in [-0.15, -0.1) is 0 Å². The molecule has 21 heavy (non-hydrogen) atoms. The van der Waals surface area contributed by atoms with E-state index in [2.05, 4.69) is 40.1 Å². The number of pyridine rings is 1. The van der Waals surface area contributed by atoms with Gasteiger partial charge in [0, 0.05) is 24.4 Å². The van der Waals surface area contributed by atoms with Gasteiger partial charge in [0.05, 0.1) is 4.47 Å². The lowest BCUT2D eigenvalue weighted by atomic mass is 10.2. The van der Waals surface area contributed by atoms with Crippen molar-refractivity contribution >= 4 is 15.9 Å². The molecule has 0 amide bonds. The van der Waals surface area contributed by atoms with Crippen LogP contribution in [-0.4, -0.2) is 11.5 Å². The van der Waals surface area contributed by atoms with Crippen molar-refractivity contribution in [3.05, 3.63) is 52.4 Å². The molecular formula is C16H18BrFN2O. The van der Waals surface area contributed by atoms with Crippen LogP contribution in [0.5, 0.6) is 11.6 Å². The molecule has 3 nitrogen and oxygen atoms in total. The van der Waals surface area contributed by atoms with Gasteiger partial charge in [0.15, 0.2) is 0 Å². The SMILES string of the molecule is CC(C)CNCc1cccnc1Oc1ccc(Br)c(F)c1. The molecule has 0 saturated carbocycles. The van der Waals surface area contributed by atoms with Crippen LogP contribution in [0.1, 0.15) is 19.4 Å². The Kier molecular flexibility index (Phi) is 5.70. The Balaban J connectivity index is 2.10. The molecule has 0 aliphatic rings. The second-order valence-electron chi connectivity index (χ2n) is 5.17. The molecule has 0 atom stereocenters. The van der Waals surface area contributed by atoms with Crippen LogP contribution in [0.4, 0.5) is 4.39 Å². The second kappa shape index (κ2) is 7.52. The first kappa shape index (κ1) is 15.9. The number of rotatable bonds is 6. The molecule has 0 spiro atoms. The zero-order valence-corrected chi connectivity index (χ0v) is 13.7. The van der Waals surface area contributed by atoms with Gasteiger partial charge >= 0.3 is 0 Å². The van der Waals surface area contributed by atoms with Crippen molar-refractivity contribution in [2.75, 3.05) is 6.54 Å². The van der Waals surface area contributed by atoms with E-state index in [0.717, 1.165) is 12.1 Å². The fraction of sp³-hybridized carbons (Fsp3) is 0.312. The molecule has 2 rings (SSSR count). The summed E-state index contributed by atoms with van der Waals surface area (Å²) in [7, 11) is 0. The Morgan fingerprint density at radius 1 is 1.33 bits per heavy atom. The summed E-state index contributed by atoms with van der Waals surface area (Å²) in [5, 5.41) is 3.35. The summed E-state index contributed by atoms with van der Waals surface area (Å²) in [5.74, 6) is 1.14. The Morgan fingerprint density at radius 3 is 2.86 bits per heavy atom. The van der Waals surface area contributed by atoms with Crippen molar-refractivity contribution < 1.29 is 9.13 Å². The lowest BCUT2D eigenvalue weighted by Gasteiger charge is -2.12. The van der Waals surface area contributed by atoms with Crippen LogP contribution in [0.2, 0.25) is 0 Å². The van der Waals surface area contributed by atoms with E-state index in [0.29, 0.717) is 28.6 Å². The van der Waals surface area contributed by atoms with Crippen molar-refractivity contribution in [1.29, 1.82) is 0 Å². The highest BCUT2D eigenvalue weighted by atomic mass is 79.9. The molecule has 0 unspecified atom stereocenters. The molecular weight excluding hydrogens is 335 g/mol. The first-order chi connectivity index (χ1) is 10.1. The van der Waals surface area contributed by atoms with Gasteiger partial charge in [0.2, 0.25) is 5.88 Å². The van der Waals surface area contributed by atoms with E-state index in [1.54, 1.807) is 18.3 Å². The Bertz CT molecular complexity index is 605. The lowest BCUT2D eigenvalue weighted by Crippen LogP contribution is -2.19. The maximum Gasteiger partial charge on any atom is 0.223 e. The van der Waals surface area contributed by atoms with E-state index < -0.39 is 0 Å². The summed E-state index contributed by atoms with van der Waals surface area (Å²) in [4.78, 5) is 4.23. The van der Waals surface area contributed by atoms with E-state index in [-0.39, 0.29) is 5.82 Å². The van der Waals surface area contributed by atoms with E-state index in [1.165, 1.54) is 6.07 Å². The van der Waals surface area contributed by atoms with Gasteiger partial charge in [-0.3, -0.25) is 0 Å². The molecule has 0 fully saturated rings. The standard InChI is InChI=1S/C16H18BrFN2O/c1-11(2)9-19-10-12-4-3-7-20-16(12)21-13-5-6-14(17)15(18)8-13/h3-8,11,19H,9-10H2,1-2H3. The molecule has 0 aliphatic carbocycles. The van der Waals surface area contributed by atoms with Crippen molar-refractivity contribution in [3.8, 4) is 11.6 Å². The van der Waals surface area contributed by atoms with Gasteiger partial charge in [-0.2, -0.15) is 0 Å². The average Bonchev–Trinajstić information content (AvgIpc) is 2.44. The molecule has 1 heterocycles. The minimum atomic E-state index is -0.358. The third-order valence-corrected chi connectivity index (χ3v) is 3.47. The number of aromatic nitrogens is 1. The predicted molar refractivity (Wildman–Crippen MR) is 85.0 cm³/mol. The largest absolute Gasteiger partial charge is 0.439 e. The average molecular weight is 353 g/mol. The number of ether oxygens (including phenoxy) is 1. The van der Waals surface area contributed by atoms with E-state index in [1.807, 2.05) is 12.1 Å². The van der Waals surface area contributed by atoms with Crippen LogP contribution in [0.3, 0.4) is 0 Å². The number of nitrogens with zero attached hydrogens (tertiary/aromatic N) is 1. The summed E-state index contributed by atoms with van der Waals surface area (Å²) in [5.41, 5.74) is 0.946. The van der Waals surface area contributed by atoms with Gasteiger partial charge in [-0.25, -0.2) is 9.37 Å². The van der Waals surface area contributed by atoms with Crippen LogP contribution in [0.15, 0.2) is 41.0 Å². The molecule has 2 aromatic rings. The summed E-state index contributed by atoms with van der Waals surface area (Å²) < 4.78 is 19.6. The molecule has 112 valence electrons. The molecule has 0 bridgehead atoms. The Hall–Kier alpha value is -1.46. The normalized spacial score (nSPS) is 10.9. The topological polar surface area (TPSA) is 34.2 Å².